The lowest BCUT2D eigenvalue weighted by atomic mass is 10.0. The SMILES string of the molecule is CC.Cc1c(CCO)[nH]c2cccc(CCNCc3ccc(/C=C/C(=O)NO)cc3)c12. The third kappa shape index (κ3) is 6.79. The first kappa shape index (κ1) is 24.3. The van der Waals surface area contributed by atoms with Gasteiger partial charge in [-0.3, -0.25) is 10.0 Å². The van der Waals surface area contributed by atoms with E-state index in [-0.39, 0.29) is 6.61 Å². The Morgan fingerprint density at radius 1 is 1.10 bits per heavy atom. The fourth-order valence-corrected chi connectivity index (χ4v) is 3.54. The van der Waals surface area contributed by atoms with Gasteiger partial charge in [-0.15, -0.1) is 0 Å². The standard InChI is InChI=1S/C23H27N3O3.C2H6/c1-16-20(12-14-27)25-21-4-2-3-19(23(16)21)11-13-24-15-18-7-5-17(6-8-18)9-10-22(28)26-29;1-2/h2-10,24-25,27,29H,11-15H2,1H3,(H,26,28);1-2H3/b10-9+;. The third-order valence-corrected chi connectivity index (χ3v) is 5.04. The first-order valence-electron chi connectivity index (χ1n) is 10.7. The van der Waals surface area contributed by atoms with Crippen LogP contribution in [0.4, 0.5) is 0 Å². The van der Waals surface area contributed by atoms with E-state index in [1.165, 1.54) is 22.6 Å². The van der Waals surface area contributed by atoms with Gasteiger partial charge in [0.15, 0.2) is 0 Å². The molecule has 0 saturated heterocycles. The number of H-pyrrole nitrogens is 1. The van der Waals surface area contributed by atoms with Crippen LogP contribution < -0.4 is 10.8 Å². The highest BCUT2D eigenvalue weighted by molar-refractivity contribution is 5.90. The predicted molar refractivity (Wildman–Crippen MR) is 126 cm³/mol. The second-order valence-electron chi connectivity index (χ2n) is 7.02. The number of rotatable bonds is 9. The van der Waals surface area contributed by atoms with Gasteiger partial charge in [-0.05, 0) is 54.3 Å². The van der Waals surface area contributed by atoms with Crippen LogP contribution in [0.5, 0.6) is 0 Å². The van der Waals surface area contributed by atoms with Gasteiger partial charge in [0.05, 0.1) is 0 Å². The molecule has 0 atom stereocenters. The van der Waals surface area contributed by atoms with Gasteiger partial charge in [-0.2, -0.15) is 0 Å². The summed E-state index contributed by atoms with van der Waals surface area (Å²) in [7, 11) is 0. The molecular weight excluding hydrogens is 390 g/mol. The monoisotopic (exact) mass is 423 g/mol. The Hall–Kier alpha value is -2.93. The molecule has 31 heavy (non-hydrogen) atoms. The van der Waals surface area contributed by atoms with Crippen LogP contribution in [0.3, 0.4) is 0 Å². The molecule has 5 N–H and O–H groups in total. The molecule has 0 fully saturated rings. The number of aryl methyl sites for hydroxylation is 1. The van der Waals surface area contributed by atoms with Crippen molar-refractivity contribution in [2.75, 3.05) is 13.2 Å². The van der Waals surface area contributed by atoms with E-state index in [0.717, 1.165) is 41.8 Å². The molecule has 0 radical (unpaired) electrons. The summed E-state index contributed by atoms with van der Waals surface area (Å²) in [5, 5.41) is 22.5. The fourth-order valence-electron chi connectivity index (χ4n) is 3.54. The third-order valence-electron chi connectivity index (χ3n) is 5.04. The molecule has 6 nitrogen and oxygen atoms in total. The van der Waals surface area contributed by atoms with Crippen molar-refractivity contribution >= 4 is 22.9 Å². The second kappa shape index (κ2) is 12.7. The molecule has 0 unspecified atom stereocenters. The Labute approximate surface area is 184 Å². The van der Waals surface area contributed by atoms with E-state index in [9.17, 15) is 9.90 Å². The zero-order chi connectivity index (χ0) is 22.6. The predicted octanol–water partition coefficient (Wildman–Crippen LogP) is 3.89. The van der Waals surface area contributed by atoms with Crippen LogP contribution in [0, 0.1) is 6.92 Å². The summed E-state index contributed by atoms with van der Waals surface area (Å²) >= 11 is 0. The summed E-state index contributed by atoms with van der Waals surface area (Å²) in [4.78, 5) is 14.4. The highest BCUT2D eigenvalue weighted by Crippen LogP contribution is 2.26. The summed E-state index contributed by atoms with van der Waals surface area (Å²) < 4.78 is 0. The van der Waals surface area contributed by atoms with Crippen molar-refractivity contribution in [1.29, 1.82) is 0 Å². The van der Waals surface area contributed by atoms with Gasteiger partial charge >= 0.3 is 0 Å². The normalized spacial score (nSPS) is 10.9. The Morgan fingerprint density at radius 2 is 1.84 bits per heavy atom. The van der Waals surface area contributed by atoms with E-state index in [1.807, 2.05) is 38.1 Å². The zero-order valence-corrected chi connectivity index (χ0v) is 18.5. The molecule has 0 aliphatic heterocycles. The molecule has 3 rings (SSSR count). The molecule has 0 aliphatic carbocycles. The number of aliphatic hydroxyl groups is 1. The van der Waals surface area contributed by atoms with Gasteiger partial charge < -0.3 is 15.4 Å². The average molecular weight is 424 g/mol. The van der Waals surface area contributed by atoms with E-state index < -0.39 is 5.91 Å². The first-order chi connectivity index (χ1) is 15.1. The number of aromatic nitrogens is 1. The van der Waals surface area contributed by atoms with Gasteiger partial charge in [0.25, 0.3) is 5.91 Å². The van der Waals surface area contributed by atoms with Gasteiger partial charge in [-0.25, -0.2) is 5.48 Å². The van der Waals surface area contributed by atoms with E-state index in [2.05, 4.69) is 35.4 Å². The smallest absolute Gasteiger partial charge is 0.267 e. The molecule has 1 heterocycles. The van der Waals surface area contributed by atoms with Crippen molar-refractivity contribution in [3.63, 3.8) is 0 Å². The van der Waals surface area contributed by atoms with Crippen molar-refractivity contribution in [3.05, 3.63) is 76.5 Å². The second-order valence-corrected chi connectivity index (χ2v) is 7.02. The maximum atomic E-state index is 11.0. The molecule has 1 amide bonds. The van der Waals surface area contributed by atoms with Crippen molar-refractivity contribution in [2.45, 2.75) is 40.2 Å². The molecule has 3 aromatic rings. The maximum Gasteiger partial charge on any atom is 0.267 e. The zero-order valence-electron chi connectivity index (χ0n) is 18.5. The lowest BCUT2D eigenvalue weighted by Crippen LogP contribution is -2.16. The van der Waals surface area contributed by atoms with Crippen LogP contribution in [0.1, 0.15) is 41.8 Å². The molecule has 166 valence electrons. The minimum Gasteiger partial charge on any atom is -0.396 e. The molecule has 2 aromatic carbocycles. The Balaban J connectivity index is 0.00000166. The Bertz CT molecular complexity index is 991. The molecule has 0 saturated carbocycles. The number of amides is 1. The summed E-state index contributed by atoms with van der Waals surface area (Å²) in [6.45, 7) is 7.88. The van der Waals surface area contributed by atoms with Gasteiger partial charge in [0, 0.05) is 42.2 Å². The van der Waals surface area contributed by atoms with Crippen LogP contribution in [0.15, 0.2) is 48.5 Å². The first-order valence-corrected chi connectivity index (χ1v) is 10.7. The van der Waals surface area contributed by atoms with Crippen LogP contribution >= 0.6 is 0 Å². The van der Waals surface area contributed by atoms with Crippen LogP contribution in [-0.4, -0.2) is 34.4 Å². The van der Waals surface area contributed by atoms with Gasteiger partial charge in [0.2, 0.25) is 0 Å². The van der Waals surface area contributed by atoms with Crippen LogP contribution in [0.2, 0.25) is 0 Å². The lowest BCUT2D eigenvalue weighted by Gasteiger charge is -2.08. The number of carbonyl (C=O) groups is 1. The molecule has 0 aliphatic rings. The van der Waals surface area contributed by atoms with E-state index in [1.54, 1.807) is 11.6 Å². The van der Waals surface area contributed by atoms with Crippen molar-refractivity contribution in [1.82, 2.24) is 15.8 Å². The largest absolute Gasteiger partial charge is 0.396 e. The summed E-state index contributed by atoms with van der Waals surface area (Å²) in [5.41, 5.74) is 8.38. The molecular formula is C25H33N3O3. The van der Waals surface area contributed by atoms with E-state index in [0.29, 0.717) is 6.42 Å². The minimum atomic E-state index is -0.549. The molecule has 0 spiro atoms. The quantitative estimate of drug-likeness (QED) is 0.156. The molecule has 6 heteroatoms. The number of hydrogen-bond acceptors (Lipinski definition) is 4. The average Bonchev–Trinajstić information content (AvgIpc) is 3.13. The van der Waals surface area contributed by atoms with Gasteiger partial charge in [-0.1, -0.05) is 50.2 Å². The highest BCUT2D eigenvalue weighted by atomic mass is 16.5. The topological polar surface area (TPSA) is 97.4 Å². The molecule has 0 bridgehead atoms. The Morgan fingerprint density at radius 3 is 2.52 bits per heavy atom. The number of fused-ring (bicyclic) bond motifs is 1. The Kier molecular flexibility index (Phi) is 9.97. The number of aliphatic hydroxyl groups excluding tert-OH is 1. The number of hydrogen-bond donors (Lipinski definition) is 5. The van der Waals surface area contributed by atoms with E-state index in [4.69, 9.17) is 5.21 Å². The number of carbonyl (C=O) groups excluding carboxylic acids is 1. The maximum absolute atomic E-state index is 11.0. The summed E-state index contributed by atoms with van der Waals surface area (Å²) in [5.74, 6) is -0.549. The van der Waals surface area contributed by atoms with Gasteiger partial charge in [0.1, 0.15) is 0 Å². The summed E-state index contributed by atoms with van der Waals surface area (Å²) in [6, 6.07) is 14.2. The van der Waals surface area contributed by atoms with Crippen LogP contribution in [0.25, 0.3) is 17.0 Å². The lowest BCUT2D eigenvalue weighted by molar-refractivity contribution is -0.124. The van der Waals surface area contributed by atoms with Crippen molar-refractivity contribution in [2.24, 2.45) is 0 Å². The van der Waals surface area contributed by atoms with E-state index >= 15 is 0 Å². The fraction of sp³-hybridized carbons (Fsp3) is 0.320. The molecule has 1 aromatic heterocycles. The number of benzene rings is 2. The highest BCUT2D eigenvalue weighted by Gasteiger charge is 2.10. The number of hydroxylamine groups is 1. The summed E-state index contributed by atoms with van der Waals surface area (Å²) in [6.07, 6.45) is 4.50. The number of nitrogens with one attached hydrogen (secondary N) is 3. The van der Waals surface area contributed by atoms with Crippen molar-refractivity contribution in [3.8, 4) is 0 Å². The van der Waals surface area contributed by atoms with Crippen LogP contribution in [-0.2, 0) is 24.2 Å². The number of aromatic amines is 1. The van der Waals surface area contributed by atoms with Crippen molar-refractivity contribution < 1.29 is 15.1 Å². The minimum absolute atomic E-state index is 0.147.